The van der Waals surface area contributed by atoms with Crippen LogP contribution in [0.1, 0.15) is 27.2 Å². The lowest BCUT2D eigenvalue weighted by molar-refractivity contribution is 0.343. The van der Waals surface area contributed by atoms with Crippen molar-refractivity contribution < 1.29 is 0 Å². The fourth-order valence-corrected chi connectivity index (χ4v) is 2.14. The van der Waals surface area contributed by atoms with Crippen molar-refractivity contribution in [2.24, 2.45) is 0 Å². The number of rotatable bonds is 3. The van der Waals surface area contributed by atoms with Crippen molar-refractivity contribution in [3.63, 3.8) is 0 Å². The molecule has 1 N–H and O–H groups in total. The standard InChI is InChI=1S/C9H16N2S.C2H6/c1-3-7-12-11-6-5-10-8-9(11)4-2;1-2/h2,9-10H,3,5-8H2,1H3;1-2H3/t9-;/m0./s1. The zero-order valence-corrected chi connectivity index (χ0v) is 10.4. The molecule has 1 fully saturated rings. The van der Waals surface area contributed by atoms with E-state index in [0.717, 1.165) is 19.6 Å². The van der Waals surface area contributed by atoms with Crippen molar-refractivity contribution in [3.05, 3.63) is 0 Å². The van der Waals surface area contributed by atoms with Gasteiger partial charge in [-0.15, -0.1) is 6.42 Å². The molecule has 0 amide bonds. The molecule has 0 radical (unpaired) electrons. The molecule has 0 aromatic heterocycles. The van der Waals surface area contributed by atoms with Gasteiger partial charge in [-0.3, -0.25) is 0 Å². The van der Waals surface area contributed by atoms with E-state index in [1.807, 2.05) is 25.8 Å². The van der Waals surface area contributed by atoms with Crippen LogP contribution in [0.25, 0.3) is 0 Å². The van der Waals surface area contributed by atoms with Crippen LogP contribution < -0.4 is 5.32 Å². The van der Waals surface area contributed by atoms with Crippen LogP contribution >= 0.6 is 11.9 Å². The van der Waals surface area contributed by atoms with E-state index in [0.29, 0.717) is 0 Å². The van der Waals surface area contributed by atoms with Gasteiger partial charge in [-0.25, -0.2) is 4.31 Å². The largest absolute Gasteiger partial charge is 0.313 e. The Morgan fingerprint density at radius 3 is 2.86 bits per heavy atom. The maximum absolute atomic E-state index is 5.42. The molecule has 0 saturated carbocycles. The molecule has 1 aliphatic rings. The Balaban J connectivity index is 0.000000791. The van der Waals surface area contributed by atoms with E-state index in [9.17, 15) is 0 Å². The zero-order chi connectivity index (χ0) is 10.8. The minimum Gasteiger partial charge on any atom is -0.313 e. The van der Waals surface area contributed by atoms with E-state index in [4.69, 9.17) is 6.42 Å². The summed E-state index contributed by atoms with van der Waals surface area (Å²) in [5.41, 5.74) is 0. The molecule has 1 saturated heterocycles. The third-order valence-corrected chi connectivity index (χ3v) is 3.21. The fourth-order valence-electron chi connectivity index (χ4n) is 1.19. The highest BCUT2D eigenvalue weighted by molar-refractivity contribution is 7.97. The van der Waals surface area contributed by atoms with Crippen LogP contribution in [0.4, 0.5) is 0 Å². The Morgan fingerprint density at radius 2 is 2.29 bits per heavy atom. The normalized spacial score (nSPS) is 22.0. The summed E-state index contributed by atoms with van der Waals surface area (Å²) < 4.78 is 2.32. The van der Waals surface area contributed by atoms with E-state index in [1.165, 1.54) is 12.2 Å². The predicted octanol–water partition coefficient (Wildman–Crippen LogP) is 1.98. The first-order valence-electron chi connectivity index (χ1n) is 5.45. The minimum atomic E-state index is 0.287. The summed E-state index contributed by atoms with van der Waals surface area (Å²) in [6.45, 7) is 9.27. The van der Waals surface area contributed by atoms with Crippen LogP contribution in [-0.4, -0.2) is 35.7 Å². The predicted molar refractivity (Wildman–Crippen MR) is 66.3 cm³/mol. The second-order valence-electron chi connectivity index (χ2n) is 2.86. The zero-order valence-electron chi connectivity index (χ0n) is 9.55. The Kier molecular flexibility index (Phi) is 9.27. The maximum atomic E-state index is 5.42. The summed E-state index contributed by atoms with van der Waals surface area (Å²) in [6, 6.07) is 0.287. The van der Waals surface area contributed by atoms with Crippen molar-refractivity contribution in [2.75, 3.05) is 25.4 Å². The first-order valence-corrected chi connectivity index (χ1v) is 6.39. The number of terminal acetylenes is 1. The SMILES string of the molecule is C#C[C@H]1CNCCN1SCCC.CC. The van der Waals surface area contributed by atoms with Gasteiger partial charge in [0.1, 0.15) is 0 Å². The van der Waals surface area contributed by atoms with Gasteiger partial charge in [0.15, 0.2) is 0 Å². The summed E-state index contributed by atoms with van der Waals surface area (Å²) in [4.78, 5) is 0. The third-order valence-electron chi connectivity index (χ3n) is 1.85. The van der Waals surface area contributed by atoms with Gasteiger partial charge >= 0.3 is 0 Å². The Bertz CT molecular complexity index is 165. The number of hydrogen-bond acceptors (Lipinski definition) is 3. The highest BCUT2D eigenvalue weighted by Crippen LogP contribution is 2.16. The topological polar surface area (TPSA) is 15.3 Å². The summed E-state index contributed by atoms with van der Waals surface area (Å²) in [6.07, 6.45) is 6.63. The van der Waals surface area contributed by atoms with E-state index >= 15 is 0 Å². The van der Waals surface area contributed by atoms with Gasteiger partial charge in [0.25, 0.3) is 0 Å². The van der Waals surface area contributed by atoms with E-state index in [-0.39, 0.29) is 6.04 Å². The molecular formula is C11H22N2S. The van der Waals surface area contributed by atoms with Crippen LogP contribution in [0, 0.1) is 12.3 Å². The lowest BCUT2D eigenvalue weighted by Crippen LogP contribution is -2.47. The molecule has 3 heteroatoms. The van der Waals surface area contributed by atoms with Crippen molar-refractivity contribution in [2.45, 2.75) is 33.2 Å². The lowest BCUT2D eigenvalue weighted by atomic mass is 10.2. The highest BCUT2D eigenvalue weighted by Gasteiger charge is 2.19. The van der Waals surface area contributed by atoms with Crippen molar-refractivity contribution in [1.29, 1.82) is 0 Å². The first-order chi connectivity index (χ1) is 6.88. The van der Waals surface area contributed by atoms with Gasteiger partial charge < -0.3 is 5.32 Å². The third kappa shape index (κ3) is 4.90. The summed E-state index contributed by atoms with van der Waals surface area (Å²) in [5, 5.41) is 3.29. The van der Waals surface area contributed by atoms with Crippen LogP contribution in [0.5, 0.6) is 0 Å². The molecule has 82 valence electrons. The van der Waals surface area contributed by atoms with Crippen LogP contribution in [0.3, 0.4) is 0 Å². The van der Waals surface area contributed by atoms with E-state index < -0.39 is 0 Å². The average molecular weight is 214 g/mol. The first kappa shape index (κ1) is 13.8. The van der Waals surface area contributed by atoms with Crippen LogP contribution in [0.15, 0.2) is 0 Å². The summed E-state index contributed by atoms with van der Waals surface area (Å²) in [7, 11) is 0. The molecule has 0 aromatic carbocycles. The van der Waals surface area contributed by atoms with Crippen LogP contribution in [-0.2, 0) is 0 Å². The monoisotopic (exact) mass is 214 g/mol. The van der Waals surface area contributed by atoms with E-state index in [2.05, 4.69) is 22.5 Å². The highest BCUT2D eigenvalue weighted by atomic mass is 32.2. The summed E-state index contributed by atoms with van der Waals surface area (Å²) in [5.74, 6) is 3.98. The molecule has 1 heterocycles. The average Bonchev–Trinajstić information content (AvgIpc) is 2.29. The number of piperazine rings is 1. The van der Waals surface area contributed by atoms with Crippen molar-refractivity contribution in [1.82, 2.24) is 9.62 Å². The molecule has 0 spiro atoms. The molecule has 0 unspecified atom stereocenters. The summed E-state index contributed by atoms with van der Waals surface area (Å²) >= 11 is 1.88. The fraction of sp³-hybridized carbons (Fsp3) is 0.818. The molecule has 2 nitrogen and oxygen atoms in total. The van der Waals surface area contributed by atoms with Gasteiger partial charge in [0.05, 0.1) is 6.04 Å². The quantitative estimate of drug-likeness (QED) is 0.571. The Labute approximate surface area is 93.0 Å². The van der Waals surface area contributed by atoms with Gasteiger partial charge in [-0.1, -0.05) is 38.6 Å². The van der Waals surface area contributed by atoms with Crippen molar-refractivity contribution >= 4 is 11.9 Å². The maximum Gasteiger partial charge on any atom is 0.0932 e. The lowest BCUT2D eigenvalue weighted by Gasteiger charge is -2.31. The molecule has 1 atom stereocenters. The molecule has 1 aliphatic heterocycles. The number of nitrogens with zero attached hydrogens (tertiary/aromatic N) is 1. The second-order valence-corrected chi connectivity index (χ2v) is 4.00. The molecule has 14 heavy (non-hydrogen) atoms. The number of hydrogen-bond donors (Lipinski definition) is 1. The van der Waals surface area contributed by atoms with Crippen molar-refractivity contribution in [3.8, 4) is 12.3 Å². The molecular weight excluding hydrogens is 192 g/mol. The number of nitrogens with one attached hydrogen (secondary N) is 1. The Morgan fingerprint density at radius 1 is 1.57 bits per heavy atom. The Hall–Kier alpha value is -0.170. The van der Waals surface area contributed by atoms with Gasteiger partial charge in [0, 0.05) is 25.4 Å². The van der Waals surface area contributed by atoms with Gasteiger partial charge in [-0.2, -0.15) is 0 Å². The van der Waals surface area contributed by atoms with Gasteiger partial charge in [-0.05, 0) is 6.42 Å². The van der Waals surface area contributed by atoms with Crippen LogP contribution in [0.2, 0.25) is 0 Å². The molecule has 0 bridgehead atoms. The minimum absolute atomic E-state index is 0.287. The molecule has 0 aromatic rings. The van der Waals surface area contributed by atoms with E-state index in [1.54, 1.807) is 0 Å². The second kappa shape index (κ2) is 9.39. The van der Waals surface area contributed by atoms with Gasteiger partial charge in [0.2, 0.25) is 0 Å². The smallest absolute Gasteiger partial charge is 0.0932 e. The molecule has 0 aliphatic carbocycles. The molecule has 1 rings (SSSR count).